The van der Waals surface area contributed by atoms with E-state index in [0.29, 0.717) is 34.3 Å². The van der Waals surface area contributed by atoms with Gasteiger partial charge in [0, 0.05) is 23.8 Å². The van der Waals surface area contributed by atoms with Crippen molar-refractivity contribution in [2.45, 2.75) is 37.1 Å². The average molecular weight is 553 g/mol. The van der Waals surface area contributed by atoms with Crippen molar-refractivity contribution in [2.24, 2.45) is 11.8 Å². The van der Waals surface area contributed by atoms with Crippen LogP contribution in [0.15, 0.2) is 66.0 Å². The number of anilines is 1. The molecule has 3 fully saturated rings. The number of aliphatic hydroxyl groups is 1. The highest BCUT2D eigenvalue weighted by Crippen LogP contribution is 2.62. The molecule has 3 aromatic carbocycles. The zero-order chi connectivity index (χ0) is 27.6. The first-order valence-corrected chi connectivity index (χ1v) is 13.9. The van der Waals surface area contributed by atoms with E-state index in [-0.39, 0.29) is 24.8 Å². The quantitative estimate of drug-likeness (QED) is 0.271. The molecule has 7 rings (SSSR count). The first-order chi connectivity index (χ1) is 19.4. The Morgan fingerprint density at radius 3 is 2.58 bits per heavy atom. The Morgan fingerprint density at radius 1 is 1.10 bits per heavy atom. The molecule has 40 heavy (non-hydrogen) atoms. The summed E-state index contributed by atoms with van der Waals surface area (Å²) in [5.41, 5.74) is 0.426. The molecule has 9 nitrogen and oxygen atoms in total. The number of ether oxygens (including phenoxy) is 2. The summed E-state index contributed by atoms with van der Waals surface area (Å²) >= 11 is 1.29. The molecule has 2 bridgehead atoms. The van der Waals surface area contributed by atoms with Crippen molar-refractivity contribution in [3.05, 3.63) is 77.5 Å². The van der Waals surface area contributed by atoms with E-state index in [2.05, 4.69) is 14.4 Å². The predicted molar refractivity (Wildman–Crippen MR) is 148 cm³/mol. The molecule has 3 aliphatic heterocycles. The van der Waals surface area contributed by atoms with Gasteiger partial charge in [0.15, 0.2) is 5.69 Å². The highest BCUT2D eigenvalue weighted by molar-refractivity contribution is 7.03. The van der Waals surface area contributed by atoms with Crippen LogP contribution in [0.25, 0.3) is 26.9 Å². The number of amides is 2. The van der Waals surface area contributed by atoms with Crippen LogP contribution in [-0.2, 0) is 14.3 Å². The molecule has 0 spiro atoms. The van der Waals surface area contributed by atoms with Crippen molar-refractivity contribution in [3.8, 4) is 17.0 Å². The van der Waals surface area contributed by atoms with E-state index < -0.39 is 29.1 Å². The number of imide groups is 1. The molecule has 4 aromatic rings. The lowest BCUT2D eigenvalue weighted by Crippen LogP contribution is -2.49. The number of aromatic nitrogens is 2. The SMILES string of the molecule is [C-]#[N+]c1ccc(N2C(=O)[C@@H]3[C@H](C2=O)C2(C)OC3(CCOc3ccc(-c4csnn4)cc3)C[C@H]2O)c2ccccc12. The average Bonchev–Trinajstić information content (AvgIpc) is 3.70. The second-order valence-corrected chi connectivity index (χ2v) is 11.3. The summed E-state index contributed by atoms with van der Waals surface area (Å²) in [4.78, 5) is 32.8. The van der Waals surface area contributed by atoms with Crippen LogP contribution in [0.5, 0.6) is 5.75 Å². The number of rotatable bonds is 6. The number of aliphatic hydroxyl groups excluding tert-OH is 1. The van der Waals surface area contributed by atoms with Gasteiger partial charge in [-0.2, -0.15) is 0 Å². The van der Waals surface area contributed by atoms with Crippen molar-refractivity contribution in [3.63, 3.8) is 0 Å². The molecule has 1 aromatic heterocycles. The molecule has 3 aliphatic rings. The van der Waals surface area contributed by atoms with E-state index in [1.165, 1.54) is 16.4 Å². The van der Waals surface area contributed by atoms with E-state index in [4.69, 9.17) is 16.0 Å². The lowest BCUT2D eigenvalue weighted by atomic mass is 9.66. The van der Waals surface area contributed by atoms with Gasteiger partial charge in [-0.1, -0.05) is 34.8 Å². The van der Waals surface area contributed by atoms with Gasteiger partial charge in [-0.3, -0.25) is 9.59 Å². The Balaban J connectivity index is 1.17. The maximum absolute atomic E-state index is 14.1. The van der Waals surface area contributed by atoms with Gasteiger partial charge in [0.05, 0.1) is 42.4 Å². The molecular formula is C30H24N4O5S. The van der Waals surface area contributed by atoms with Crippen LogP contribution in [-0.4, -0.2) is 50.4 Å². The van der Waals surface area contributed by atoms with E-state index >= 15 is 0 Å². The van der Waals surface area contributed by atoms with Crippen LogP contribution in [0.1, 0.15) is 19.8 Å². The highest BCUT2D eigenvalue weighted by Gasteiger charge is 2.77. The summed E-state index contributed by atoms with van der Waals surface area (Å²) in [5, 5.41) is 18.3. The number of nitrogens with zero attached hydrogens (tertiary/aromatic N) is 4. The number of hydrogen-bond acceptors (Lipinski definition) is 8. The normalized spacial score (nSPS) is 28.7. The zero-order valence-electron chi connectivity index (χ0n) is 21.5. The fourth-order valence-corrected chi connectivity index (χ4v) is 7.24. The summed E-state index contributed by atoms with van der Waals surface area (Å²) in [6.45, 7) is 9.48. The molecule has 2 unspecified atom stereocenters. The zero-order valence-corrected chi connectivity index (χ0v) is 22.3. The van der Waals surface area contributed by atoms with Crippen LogP contribution in [0.3, 0.4) is 0 Å². The minimum atomic E-state index is -1.18. The van der Waals surface area contributed by atoms with Crippen molar-refractivity contribution < 1.29 is 24.2 Å². The molecule has 5 atom stereocenters. The fraction of sp³-hybridized carbons (Fsp3) is 0.300. The van der Waals surface area contributed by atoms with Crippen LogP contribution in [0, 0.1) is 18.4 Å². The van der Waals surface area contributed by atoms with Crippen LogP contribution in [0.2, 0.25) is 0 Å². The van der Waals surface area contributed by atoms with Crippen molar-refractivity contribution in [1.29, 1.82) is 0 Å². The van der Waals surface area contributed by atoms with Gasteiger partial charge < -0.3 is 14.6 Å². The summed E-state index contributed by atoms with van der Waals surface area (Å²) in [6, 6.07) is 18.1. The Kier molecular flexibility index (Phi) is 5.54. The first kappa shape index (κ1) is 24.8. The third-order valence-electron chi connectivity index (χ3n) is 8.66. The van der Waals surface area contributed by atoms with Crippen LogP contribution in [0.4, 0.5) is 11.4 Å². The first-order valence-electron chi connectivity index (χ1n) is 13.0. The Bertz CT molecular complexity index is 1700. The topological polar surface area (TPSA) is 106 Å². The second-order valence-electron chi connectivity index (χ2n) is 10.7. The Hall–Kier alpha value is -4.17. The molecular weight excluding hydrogens is 528 g/mol. The van der Waals surface area contributed by atoms with Gasteiger partial charge in [-0.05, 0) is 59.6 Å². The van der Waals surface area contributed by atoms with E-state index in [1.807, 2.05) is 53.9 Å². The molecule has 4 heterocycles. The van der Waals surface area contributed by atoms with Crippen molar-refractivity contribution in [1.82, 2.24) is 9.59 Å². The third kappa shape index (κ3) is 3.45. The molecule has 0 radical (unpaired) electrons. The van der Waals surface area contributed by atoms with Gasteiger partial charge in [0.2, 0.25) is 11.8 Å². The van der Waals surface area contributed by atoms with Crippen LogP contribution >= 0.6 is 11.5 Å². The summed E-state index contributed by atoms with van der Waals surface area (Å²) in [7, 11) is 0. The largest absolute Gasteiger partial charge is 0.493 e. The van der Waals surface area contributed by atoms with Crippen molar-refractivity contribution >= 4 is 45.5 Å². The lowest BCUT2D eigenvalue weighted by Gasteiger charge is -2.33. The summed E-state index contributed by atoms with van der Waals surface area (Å²) in [5.74, 6) is -1.62. The third-order valence-corrected chi connectivity index (χ3v) is 9.16. The van der Waals surface area contributed by atoms with Gasteiger partial charge >= 0.3 is 0 Å². The number of fused-ring (bicyclic) bond motifs is 6. The molecule has 10 heteroatoms. The Morgan fingerprint density at radius 2 is 1.85 bits per heavy atom. The van der Waals surface area contributed by atoms with Gasteiger partial charge in [0.25, 0.3) is 0 Å². The van der Waals surface area contributed by atoms with Crippen LogP contribution < -0.4 is 9.64 Å². The molecule has 1 N–H and O–H groups in total. The molecule has 0 saturated carbocycles. The summed E-state index contributed by atoms with van der Waals surface area (Å²) < 4.78 is 16.3. The van der Waals surface area contributed by atoms with E-state index in [1.54, 1.807) is 19.1 Å². The van der Waals surface area contributed by atoms with E-state index in [9.17, 15) is 14.7 Å². The summed E-state index contributed by atoms with van der Waals surface area (Å²) in [6.07, 6.45) is -0.311. The Labute approximate surface area is 233 Å². The number of hydrogen-bond donors (Lipinski definition) is 1. The maximum Gasteiger partial charge on any atom is 0.240 e. The van der Waals surface area contributed by atoms with E-state index in [0.717, 1.165) is 11.3 Å². The fourth-order valence-electron chi connectivity index (χ4n) is 6.78. The molecule has 3 saturated heterocycles. The lowest BCUT2D eigenvalue weighted by molar-refractivity contribution is -0.134. The number of carbonyl (C=O) groups excluding carboxylic acids is 2. The minimum absolute atomic E-state index is 0.244. The number of benzene rings is 3. The monoisotopic (exact) mass is 552 g/mol. The predicted octanol–water partition coefficient (Wildman–Crippen LogP) is 4.78. The van der Waals surface area contributed by atoms with Crippen molar-refractivity contribution in [2.75, 3.05) is 11.5 Å². The molecule has 200 valence electrons. The van der Waals surface area contributed by atoms with Gasteiger partial charge in [0.1, 0.15) is 17.0 Å². The minimum Gasteiger partial charge on any atom is -0.493 e. The highest BCUT2D eigenvalue weighted by atomic mass is 32.1. The standard InChI is InChI=1S/C30H24N4O5S/c1-29-24(35)15-30(39-29,13-14-38-18-9-7-17(8-10-18)22-16-40-33-32-22)26-25(29)27(36)34(28(26)37)23-12-11-21(31-2)19-5-3-4-6-20(19)23/h3-12,16,24-26,35H,13-15H2,1H3/t24-,25-,26+,29?,30?/m1/s1. The molecule has 2 amide bonds. The second kappa shape index (κ2) is 8.93. The maximum atomic E-state index is 14.1. The number of carbonyl (C=O) groups is 2. The smallest absolute Gasteiger partial charge is 0.240 e. The van der Waals surface area contributed by atoms with Gasteiger partial charge in [-0.15, -0.1) is 5.10 Å². The molecule has 0 aliphatic carbocycles. The van der Waals surface area contributed by atoms with Gasteiger partial charge in [-0.25, -0.2) is 9.74 Å².